The van der Waals surface area contributed by atoms with Crippen molar-refractivity contribution in [1.29, 1.82) is 0 Å². The Balaban J connectivity index is 1.59. The Bertz CT molecular complexity index is 751. The van der Waals surface area contributed by atoms with Crippen molar-refractivity contribution in [3.05, 3.63) is 70.8 Å². The second kappa shape index (κ2) is 8.75. The maximum atomic E-state index is 6.13. The van der Waals surface area contributed by atoms with Crippen LogP contribution in [-0.2, 0) is 6.42 Å². The summed E-state index contributed by atoms with van der Waals surface area (Å²) in [6, 6.07) is 16.9. The van der Waals surface area contributed by atoms with Gasteiger partial charge in [-0.25, -0.2) is 0 Å². The number of fused-ring (bicyclic) bond motifs is 1. The molecule has 0 spiro atoms. The van der Waals surface area contributed by atoms with Crippen LogP contribution in [0.3, 0.4) is 0 Å². The van der Waals surface area contributed by atoms with E-state index in [-0.39, 0.29) is 6.10 Å². The van der Waals surface area contributed by atoms with Gasteiger partial charge in [-0.1, -0.05) is 55.8 Å². The first-order chi connectivity index (χ1) is 12.5. The third-order valence-corrected chi connectivity index (χ3v) is 5.19. The maximum absolute atomic E-state index is 6.13. The summed E-state index contributed by atoms with van der Waals surface area (Å²) >= 11 is 5.96. The fourth-order valence-corrected chi connectivity index (χ4v) is 3.33. The molecule has 2 nitrogen and oxygen atoms in total. The number of halogens is 1. The van der Waals surface area contributed by atoms with E-state index in [0.29, 0.717) is 12.0 Å². The fraction of sp³-hybridized carbons (Fsp3) is 0.391. The number of ether oxygens (including phenoxy) is 1. The molecule has 0 aromatic heterocycles. The normalized spacial score (nSPS) is 17.4. The van der Waals surface area contributed by atoms with Crippen molar-refractivity contribution in [2.24, 2.45) is 5.92 Å². The molecule has 2 atom stereocenters. The third kappa shape index (κ3) is 4.90. The lowest BCUT2D eigenvalue weighted by molar-refractivity contribution is 0.193. The van der Waals surface area contributed by atoms with Crippen LogP contribution in [0.25, 0.3) is 5.57 Å². The Morgan fingerprint density at radius 1 is 1.04 bits per heavy atom. The van der Waals surface area contributed by atoms with Crippen LogP contribution in [0.4, 0.5) is 0 Å². The summed E-state index contributed by atoms with van der Waals surface area (Å²) in [5, 5.41) is 4.48. The van der Waals surface area contributed by atoms with Gasteiger partial charge in [0.2, 0.25) is 0 Å². The topological polar surface area (TPSA) is 21.3 Å². The molecule has 2 unspecified atom stereocenters. The zero-order chi connectivity index (χ0) is 18.5. The Morgan fingerprint density at radius 2 is 1.77 bits per heavy atom. The van der Waals surface area contributed by atoms with Crippen molar-refractivity contribution in [2.75, 3.05) is 6.54 Å². The first kappa shape index (κ1) is 19.0. The molecule has 138 valence electrons. The molecule has 0 fully saturated rings. The van der Waals surface area contributed by atoms with Gasteiger partial charge in [0, 0.05) is 23.2 Å². The van der Waals surface area contributed by atoms with Crippen LogP contribution in [0.1, 0.15) is 38.3 Å². The zero-order valence-corrected chi connectivity index (χ0v) is 16.6. The molecule has 1 N–H and O–H groups in total. The van der Waals surface area contributed by atoms with Gasteiger partial charge < -0.3 is 10.1 Å². The predicted octanol–water partition coefficient (Wildman–Crippen LogP) is 5.75. The van der Waals surface area contributed by atoms with Crippen molar-refractivity contribution in [2.45, 2.75) is 45.8 Å². The summed E-state index contributed by atoms with van der Waals surface area (Å²) in [4.78, 5) is 0. The SMILES string of the molecule is CC(CCc1ccc(Cl)cc1)NCC1=CC(C(C)C)Oc2ccccc21. The van der Waals surface area contributed by atoms with Crippen molar-refractivity contribution < 1.29 is 4.74 Å². The third-order valence-electron chi connectivity index (χ3n) is 4.94. The Morgan fingerprint density at radius 3 is 2.50 bits per heavy atom. The Hall–Kier alpha value is -1.77. The highest BCUT2D eigenvalue weighted by Gasteiger charge is 2.22. The summed E-state index contributed by atoms with van der Waals surface area (Å²) in [6.45, 7) is 7.52. The molecule has 0 bridgehead atoms. The summed E-state index contributed by atoms with van der Waals surface area (Å²) in [5.74, 6) is 1.46. The summed E-state index contributed by atoms with van der Waals surface area (Å²) in [5.41, 5.74) is 3.88. The van der Waals surface area contributed by atoms with Crippen molar-refractivity contribution in [3.63, 3.8) is 0 Å². The summed E-state index contributed by atoms with van der Waals surface area (Å²) in [7, 11) is 0. The van der Waals surface area contributed by atoms with Gasteiger partial charge in [-0.3, -0.25) is 0 Å². The smallest absolute Gasteiger partial charge is 0.127 e. The minimum Gasteiger partial charge on any atom is -0.485 e. The molecule has 3 heteroatoms. The minimum atomic E-state index is 0.145. The number of para-hydroxylation sites is 1. The van der Waals surface area contributed by atoms with Crippen LogP contribution in [0.5, 0.6) is 5.75 Å². The predicted molar refractivity (Wildman–Crippen MR) is 111 cm³/mol. The van der Waals surface area contributed by atoms with Crippen molar-refractivity contribution >= 4 is 17.2 Å². The highest BCUT2D eigenvalue weighted by Crippen LogP contribution is 2.33. The average Bonchev–Trinajstić information content (AvgIpc) is 2.65. The molecule has 0 saturated heterocycles. The number of aryl methyl sites for hydroxylation is 1. The van der Waals surface area contributed by atoms with E-state index in [1.165, 1.54) is 16.7 Å². The number of hydrogen-bond acceptors (Lipinski definition) is 2. The number of benzene rings is 2. The van der Waals surface area contributed by atoms with Crippen LogP contribution < -0.4 is 10.1 Å². The van der Waals surface area contributed by atoms with Gasteiger partial charge in [0.05, 0.1) is 0 Å². The summed E-state index contributed by atoms with van der Waals surface area (Å²) in [6.07, 6.45) is 4.58. The molecule has 1 heterocycles. The quantitative estimate of drug-likeness (QED) is 0.670. The van der Waals surface area contributed by atoms with E-state index >= 15 is 0 Å². The van der Waals surface area contributed by atoms with Gasteiger partial charge in [-0.15, -0.1) is 0 Å². The largest absolute Gasteiger partial charge is 0.485 e. The first-order valence-corrected chi connectivity index (χ1v) is 9.85. The molecule has 0 aliphatic carbocycles. The lowest BCUT2D eigenvalue weighted by atomic mass is 9.95. The highest BCUT2D eigenvalue weighted by molar-refractivity contribution is 6.30. The van der Waals surface area contributed by atoms with Crippen LogP contribution in [0.2, 0.25) is 5.02 Å². The van der Waals surface area contributed by atoms with E-state index in [2.05, 4.69) is 62.5 Å². The Labute approximate surface area is 162 Å². The van der Waals surface area contributed by atoms with Crippen LogP contribution in [-0.4, -0.2) is 18.7 Å². The van der Waals surface area contributed by atoms with Gasteiger partial charge >= 0.3 is 0 Å². The van der Waals surface area contributed by atoms with Crippen LogP contribution in [0.15, 0.2) is 54.6 Å². The van der Waals surface area contributed by atoms with Gasteiger partial charge in [-0.2, -0.15) is 0 Å². The molecule has 1 aliphatic rings. The van der Waals surface area contributed by atoms with E-state index in [4.69, 9.17) is 16.3 Å². The number of hydrogen-bond donors (Lipinski definition) is 1. The molecule has 0 radical (unpaired) electrons. The van der Waals surface area contributed by atoms with Gasteiger partial charge in [0.25, 0.3) is 0 Å². The molecule has 2 aromatic carbocycles. The van der Waals surface area contributed by atoms with Gasteiger partial charge in [0.1, 0.15) is 11.9 Å². The molecule has 2 aromatic rings. The molecule has 0 saturated carbocycles. The van der Waals surface area contributed by atoms with E-state index in [1.807, 2.05) is 18.2 Å². The second-order valence-electron chi connectivity index (χ2n) is 7.46. The highest BCUT2D eigenvalue weighted by atomic mass is 35.5. The molecule has 0 amide bonds. The fourth-order valence-electron chi connectivity index (χ4n) is 3.21. The number of rotatable bonds is 7. The van der Waals surface area contributed by atoms with Gasteiger partial charge in [0.15, 0.2) is 0 Å². The lowest BCUT2D eigenvalue weighted by Crippen LogP contribution is -2.31. The molecular formula is C23H28ClNO. The average molecular weight is 370 g/mol. The molecule has 1 aliphatic heterocycles. The summed E-state index contributed by atoms with van der Waals surface area (Å²) < 4.78 is 6.13. The van der Waals surface area contributed by atoms with E-state index in [9.17, 15) is 0 Å². The van der Waals surface area contributed by atoms with Gasteiger partial charge in [-0.05, 0) is 61.1 Å². The minimum absolute atomic E-state index is 0.145. The maximum Gasteiger partial charge on any atom is 0.127 e. The Kier molecular flexibility index (Phi) is 6.39. The van der Waals surface area contributed by atoms with E-state index < -0.39 is 0 Å². The monoisotopic (exact) mass is 369 g/mol. The molecule has 3 rings (SSSR count). The molecular weight excluding hydrogens is 342 g/mol. The van der Waals surface area contributed by atoms with E-state index in [0.717, 1.165) is 30.2 Å². The van der Waals surface area contributed by atoms with E-state index in [1.54, 1.807) is 0 Å². The van der Waals surface area contributed by atoms with Crippen molar-refractivity contribution in [1.82, 2.24) is 5.32 Å². The first-order valence-electron chi connectivity index (χ1n) is 9.47. The standard InChI is InChI=1S/C23H28ClNO/c1-16(2)23-14-19(21-6-4-5-7-22(21)26-23)15-25-17(3)8-9-18-10-12-20(24)13-11-18/h4-7,10-14,16-17,23,25H,8-9,15H2,1-3H3. The second-order valence-corrected chi connectivity index (χ2v) is 7.90. The lowest BCUT2D eigenvalue weighted by Gasteiger charge is -2.28. The van der Waals surface area contributed by atoms with Crippen LogP contribution in [0, 0.1) is 5.92 Å². The van der Waals surface area contributed by atoms with Crippen molar-refractivity contribution in [3.8, 4) is 5.75 Å². The zero-order valence-electron chi connectivity index (χ0n) is 15.8. The molecule has 26 heavy (non-hydrogen) atoms. The van der Waals surface area contributed by atoms with Crippen LogP contribution >= 0.6 is 11.6 Å². The number of nitrogens with one attached hydrogen (secondary N) is 1.